The van der Waals surface area contributed by atoms with Gasteiger partial charge in [0, 0.05) is 40.3 Å². The summed E-state index contributed by atoms with van der Waals surface area (Å²) in [5, 5.41) is 2.14. The third-order valence-corrected chi connectivity index (χ3v) is 5.59. The molecule has 2 aromatic rings. The summed E-state index contributed by atoms with van der Waals surface area (Å²) < 4.78 is 1.17. The van der Waals surface area contributed by atoms with Crippen LogP contribution >= 0.6 is 11.3 Å². The lowest BCUT2D eigenvalue weighted by atomic mass is 10.0. The monoisotopic (exact) mass is 333 g/mol. The van der Waals surface area contributed by atoms with Crippen molar-refractivity contribution in [2.45, 2.75) is 25.8 Å². The van der Waals surface area contributed by atoms with Gasteiger partial charge >= 0.3 is 6.03 Å². The molecule has 1 aliphatic rings. The van der Waals surface area contributed by atoms with E-state index in [2.05, 4.69) is 27.2 Å². The fraction of sp³-hybridized carbons (Fsp3) is 0.562. The topological polar surface area (TPSA) is 52.6 Å². The zero-order valence-electron chi connectivity index (χ0n) is 14.1. The summed E-state index contributed by atoms with van der Waals surface area (Å²) in [5.74, 6) is 1.04. The maximum absolute atomic E-state index is 12.1. The number of anilines is 1. The fourth-order valence-corrected chi connectivity index (χ4v) is 4.14. The standard InChI is InChI=1S/C16H23N5OS/c1-11-9-23-14-13(11)17-10-18-15(14)21-7-5-12(6-8-21)20(4)16(22)19(2)3/h9-10,12H,5-8H2,1-4H3. The number of carbonyl (C=O) groups is 1. The van der Waals surface area contributed by atoms with Crippen molar-refractivity contribution in [3.63, 3.8) is 0 Å². The quantitative estimate of drug-likeness (QED) is 0.848. The summed E-state index contributed by atoms with van der Waals surface area (Å²) >= 11 is 1.71. The predicted molar refractivity (Wildman–Crippen MR) is 94.2 cm³/mol. The van der Waals surface area contributed by atoms with E-state index in [-0.39, 0.29) is 6.03 Å². The molecule has 23 heavy (non-hydrogen) atoms. The molecule has 0 spiro atoms. The number of hydrogen-bond donors (Lipinski definition) is 0. The molecule has 2 amide bonds. The lowest BCUT2D eigenvalue weighted by Gasteiger charge is -2.38. The molecule has 0 bridgehead atoms. The van der Waals surface area contributed by atoms with Gasteiger partial charge in [-0.05, 0) is 30.7 Å². The second-order valence-electron chi connectivity index (χ2n) is 6.30. The molecule has 3 heterocycles. The average molecular weight is 333 g/mol. The van der Waals surface area contributed by atoms with Gasteiger partial charge in [-0.3, -0.25) is 0 Å². The van der Waals surface area contributed by atoms with Gasteiger partial charge in [-0.1, -0.05) is 0 Å². The Bertz CT molecular complexity index is 706. The van der Waals surface area contributed by atoms with Gasteiger partial charge in [0.25, 0.3) is 0 Å². The number of hydrogen-bond acceptors (Lipinski definition) is 5. The van der Waals surface area contributed by atoms with Crippen LogP contribution in [0.5, 0.6) is 0 Å². The lowest BCUT2D eigenvalue weighted by Crippen LogP contribution is -2.48. The Morgan fingerprint density at radius 2 is 1.96 bits per heavy atom. The van der Waals surface area contributed by atoms with E-state index in [1.165, 1.54) is 10.3 Å². The van der Waals surface area contributed by atoms with Gasteiger partial charge in [0.15, 0.2) is 0 Å². The van der Waals surface area contributed by atoms with Crippen molar-refractivity contribution in [2.75, 3.05) is 39.1 Å². The zero-order chi connectivity index (χ0) is 16.6. The Balaban J connectivity index is 1.72. The van der Waals surface area contributed by atoms with Crippen molar-refractivity contribution < 1.29 is 4.79 Å². The van der Waals surface area contributed by atoms with Gasteiger partial charge in [-0.2, -0.15) is 0 Å². The molecule has 0 atom stereocenters. The predicted octanol–water partition coefficient (Wildman–Crippen LogP) is 2.58. The molecule has 1 fully saturated rings. The second kappa shape index (κ2) is 6.31. The highest BCUT2D eigenvalue weighted by Gasteiger charge is 2.27. The molecule has 0 N–H and O–H groups in total. The van der Waals surface area contributed by atoms with Crippen LogP contribution in [0.15, 0.2) is 11.7 Å². The molecule has 0 aliphatic carbocycles. The third-order valence-electron chi connectivity index (χ3n) is 4.51. The maximum Gasteiger partial charge on any atom is 0.319 e. The highest BCUT2D eigenvalue weighted by molar-refractivity contribution is 7.18. The number of nitrogens with zero attached hydrogens (tertiary/aromatic N) is 5. The number of rotatable bonds is 2. The van der Waals surface area contributed by atoms with Crippen LogP contribution in [0.25, 0.3) is 10.2 Å². The summed E-state index contributed by atoms with van der Waals surface area (Å²) in [6, 6.07) is 0.366. The van der Waals surface area contributed by atoms with Gasteiger partial charge < -0.3 is 14.7 Å². The number of amides is 2. The first-order valence-corrected chi connectivity index (χ1v) is 8.75. The summed E-state index contributed by atoms with van der Waals surface area (Å²) in [6.45, 7) is 3.92. The maximum atomic E-state index is 12.1. The smallest absolute Gasteiger partial charge is 0.319 e. The SMILES string of the molecule is Cc1csc2c(N3CCC(N(C)C(=O)N(C)C)CC3)ncnc12. The van der Waals surface area contributed by atoms with E-state index in [4.69, 9.17) is 0 Å². The molecule has 1 aliphatic heterocycles. The fourth-order valence-electron chi connectivity index (χ4n) is 3.12. The first kappa shape index (κ1) is 16.0. The number of fused-ring (bicyclic) bond motifs is 1. The Labute approximate surface area is 140 Å². The molecule has 2 aromatic heterocycles. The summed E-state index contributed by atoms with van der Waals surface area (Å²) in [4.78, 5) is 26.8. The van der Waals surface area contributed by atoms with E-state index in [9.17, 15) is 4.79 Å². The van der Waals surface area contributed by atoms with E-state index >= 15 is 0 Å². The van der Waals surface area contributed by atoms with E-state index in [1.807, 2.05) is 11.9 Å². The Kier molecular flexibility index (Phi) is 4.39. The molecule has 6 nitrogen and oxygen atoms in total. The highest BCUT2D eigenvalue weighted by Crippen LogP contribution is 2.32. The Morgan fingerprint density at radius 1 is 1.26 bits per heavy atom. The van der Waals surface area contributed by atoms with Crippen LogP contribution in [0.4, 0.5) is 10.6 Å². The van der Waals surface area contributed by atoms with Crippen LogP contribution in [0.2, 0.25) is 0 Å². The van der Waals surface area contributed by atoms with Gasteiger partial charge in [-0.25, -0.2) is 14.8 Å². The summed E-state index contributed by atoms with van der Waals surface area (Å²) in [6.07, 6.45) is 3.59. The van der Waals surface area contributed by atoms with Crippen molar-refractivity contribution in [1.29, 1.82) is 0 Å². The number of aryl methyl sites for hydroxylation is 1. The molecule has 1 saturated heterocycles. The second-order valence-corrected chi connectivity index (χ2v) is 7.18. The molecule has 0 unspecified atom stereocenters. The number of thiophene rings is 1. The van der Waals surface area contributed by atoms with E-state index < -0.39 is 0 Å². The lowest BCUT2D eigenvalue weighted by molar-refractivity contribution is 0.155. The van der Waals surface area contributed by atoms with Crippen LogP contribution in [-0.4, -0.2) is 66.1 Å². The molecule has 7 heteroatoms. The largest absolute Gasteiger partial charge is 0.355 e. The molecule has 0 aromatic carbocycles. The van der Waals surface area contributed by atoms with Gasteiger partial charge in [0.1, 0.15) is 12.1 Å². The minimum Gasteiger partial charge on any atom is -0.355 e. The molecule has 3 rings (SSSR count). The molecule has 0 saturated carbocycles. The van der Waals surface area contributed by atoms with Crippen LogP contribution in [0.1, 0.15) is 18.4 Å². The van der Waals surface area contributed by atoms with Crippen LogP contribution in [-0.2, 0) is 0 Å². The Hall–Kier alpha value is -1.89. The highest BCUT2D eigenvalue weighted by atomic mass is 32.1. The first-order chi connectivity index (χ1) is 11.0. The molecule has 124 valence electrons. The number of piperidine rings is 1. The van der Waals surface area contributed by atoms with E-state index in [0.717, 1.165) is 37.3 Å². The van der Waals surface area contributed by atoms with Crippen LogP contribution < -0.4 is 4.90 Å². The van der Waals surface area contributed by atoms with E-state index in [1.54, 1.807) is 36.7 Å². The number of carbonyl (C=O) groups excluding carboxylic acids is 1. The number of urea groups is 1. The summed E-state index contributed by atoms with van der Waals surface area (Å²) in [7, 11) is 5.49. The molecule has 0 radical (unpaired) electrons. The number of aromatic nitrogens is 2. The van der Waals surface area contributed by atoms with Gasteiger partial charge in [-0.15, -0.1) is 11.3 Å². The van der Waals surface area contributed by atoms with Crippen molar-refractivity contribution in [1.82, 2.24) is 19.8 Å². The zero-order valence-corrected chi connectivity index (χ0v) is 14.9. The molecular weight excluding hydrogens is 310 g/mol. The summed E-state index contributed by atoms with van der Waals surface area (Å²) in [5.41, 5.74) is 2.27. The van der Waals surface area contributed by atoms with E-state index in [0.29, 0.717) is 6.04 Å². The van der Waals surface area contributed by atoms with Crippen molar-refractivity contribution in [3.8, 4) is 0 Å². The minimum atomic E-state index is 0.0711. The van der Waals surface area contributed by atoms with Crippen molar-refractivity contribution >= 4 is 33.4 Å². The normalized spacial score (nSPS) is 15.9. The van der Waals surface area contributed by atoms with Gasteiger partial charge in [0.05, 0.1) is 10.2 Å². The van der Waals surface area contributed by atoms with Crippen molar-refractivity contribution in [3.05, 3.63) is 17.3 Å². The average Bonchev–Trinajstić information content (AvgIpc) is 2.95. The minimum absolute atomic E-state index is 0.0711. The first-order valence-electron chi connectivity index (χ1n) is 7.87. The Morgan fingerprint density at radius 3 is 2.61 bits per heavy atom. The van der Waals surface area contributed by atoms with Crippen molar-refractivity contribution in [2.24, 2.45) is 0 Å². The third kappa shape index (κ3) is 2.97. The molecular formula is C16H23N5OS. The van der Waals surface area contributed by atoms with Gasteiger partial charge in [0.2, 0.25) is 0 Å². The van der Waals surface area contributed by atoms with Crippen LogP contribution in [0, 0.1) is 6.92 Å². The van der Waals surface area contributed by atoms with Crippen LogP contribution in [0.3, 0.4) is 0 Å².